The van der Waals surface area contributed by atoms with Crippen molar-refractivity contribution in [1.82, 2.24) is 10.2 Å². The van der Waals surface area contributed by atoms with Crippen LogP contribution in [0.5, 0.6) is 5.75 Å². The summed E-state index contributed by atoms with van der Waals surface area (Å²) in [6.07, 6.45) is 0.812. The van der Waals surface area contributed by atoms with Crippen LogP contribution in [-0.4, -0.2) is 53.5 Å². The number of benzene rings is 2. The maximum Gasteiger partial charge on any atom is 0.262 e. The highest BCUT2D eigenvalue weighted by Gasteiger charge is 2.18. The molecule has 0 heterocycles. The predicted octanol–water partition coefficient (Wildman–Crippen LogP) is 2.18. The zero-order valence-electron chi connectivity index (χ0n) is 15.7. The first-order valence-electron chi connectivity index (χ1n) is 8.52. The number of ether oxygens (including phenoxy) is 1. The number of hydrogen-bond donors (Lipinski definition) is 2. The molecule has 0 saturated heterocycles. The Morgan fingerprint density at radius 2 is 1.85 bits per heavy atom. The van der Waals surface area contributed by atoms with Crippen molar-refractivity contribution in [2.75, 3.05) is 39.0 Å². The van der Waals surface area contributed by atoms with Crippen molar-refractivity contribution in [2.24, 2.45) is 0 Å². The molecule has 27 heavy (non-hydrogen) atoms. The normalized spacial score (nSPS) is 11.3. The van der Waals surface area contributed by atoms with E-state index in [0.29, 0.717) is 23.5 Å². The summed E-state index contributed by atoms with van der Waals surface area (Å²) in [6.45, 7) is 1.38. The van der Waals surface area contributed by atoms with Crippen molar-refractivity contribution in [3.05, 3.63) is 54.1 Å². The second-order valence-electron chi connectivity index (χ2n) is 6.25. The molecule has 0 atom stereocenters. The number of carbonyl (C=O) groups is 1. The maximum atomic E-state index is 12.7. The lowest BCUT2D eigenvalue weighted by Crippen LogP contribution is -2.27. The second kappa shape index (κ2) is 9.38. The molecule has 0 aromatic heterocycles. The summed E-state index contributed by atoms with van der Waals surface area (Å²) < 4.78 is 33.0. The molecule has 2 aromatic rings. The van der Waals surface area contributed by atoms with E-state index in [1.54, 1.807) is 36.4 Å². The lowest BCUT2D eigenvalue weighted by atomic mass is 10.2. The Bertz CT molecular complexity index is 882. The van der Waals surface area contributed by atoms with Crippen LogP contribution in [0.15, 0.2) is 53.4 Å². The third-order valence-corrected chi connectivity index (χ3v) is 5.19. The predicted molar refractivity (Wildman–Crippen MR) is 106 cm³/mol. The van der Waals surface area contributed by atoms with E-state index >= 15 is 0 Å². The summed E-state index contributed by atoms with van der Waals surface area (Å²) in [5.74, 6) is 0.110. The van der Waals surface area contributed by atoms with E-state index in [2.05, 4.69) is 10.0 Å². The molecule has 8 heteroatoms. The van der Waals surface area contributed by atoms with Gasteiger partial charge < -0.3 is 15.0 Å². The van der Waals surface area contributed by atoms with Crippen molar-refractivity contribution in [1.29, 1.82) is 0 Å². The van der Waals surface area contributed by atoms with Crippen LogP contribution in [0.3, 0.4) is 0 Å². The zero-order valence-corrected chi connectivity index (χ0v) is 16.5. The van der Waals surface area contributed by atoms with Gasteiger partial charge in [0.25, 0.3) is 15.9 Å². The van der Waals surface area contributed by atoms with E-state index in [1.807, 2.05) is 19.0 Å². The number of anilines is 1. The first-order valence-corrected chi connectivity index (χ1v) is 10.0. The molecule has 0 saturated carbocycles. The van der Waals surface area contributed by atoms with Gasteiger partial charge >= 0.3 is 0 Å². The fourth-order valence-corrected chi connectivity index (χ4v) is 3.55. The van der Waals surface area contributed by atoms with Gasteiger partial charge in [-0.25, -0.2) is 8.42 Å². The number of methoxy groups -OCH3 is 1. The SMILES string of the molecule is COc1ccccc1NS(=O)(=O)c1cccc(C(=O)NCCCN(C)C)c1. The van der Waals surface area contributed by atoms with Crippen LogP contribution in [0.2, 0.25) is 0 Å². The third-order valence-electron chi connectivity index (χ3n) is 3.83. The number of amides is 1. The van der Waals surface area contributed by atoms with Gasteiger partial charge in [-0.1, -0.05) is 18.2 Å². The number of nitrogens with one attached hydrogen (secondary N) is 2. The quantitative estimate of drug-likeness (QED) is 0.640. The van der Waals surface area contributed by atoms with Crippen LogP contribution in [-0.2, 0) is 10.0 Å². The number of para-hydroxylation sites is 2. The Hall–Kier alpha value is -2.58. The molecule has 2 aromatic carbocycles. The Balaban J connectivity index is 2.12. The minimum atomic E-state index is -3.86. The van der Waals surface area contributed by atoms with Gasteiger partial charge in [-0.3, -0.25) is 9.52 Å². The molecule has 7 nitrogen and oxygen atoms in total. The van der Waals surface area contributed by atoms with Crippen molar-refractivity contribution in [3.8, 4) is 5.75 Å². The smallest absolute Gasteiger partial charge is 0.262 e. The van der Waals surface area contributed by atoms with Crippen LogP contribution >= 0.6 is 0 Å². The van der Waals surface area contributed by atoms with Crippen molar-refractivity contribution >= 4 is 21.6 Å². The largest absolute Gasteiger partial charge is 0.495 e. The number of nitrogens with zero attached hydrogens (tertiary/aromatic N) is 1. The van der Waals surface area contributed by atoms with E-state index < -0.39 is 10.0 Å². The van der Waals surface area contributed by atoms with Crippen molar-refractivity contribution < 1.29 is 17.9 Å². The molecular weight excluding hydrogens is 366 g/mol. The zero-order chi connectivity index (χ0) is 19.9. The van der Waals surface area contributed by atoms with Gasteiger partial charge in [-0.15, -0.1) is 0 Å². The van der Waals surface area contributed by atoms with Crippen molar-refractivity contribution in [2.45, 2.75) is 11.3 Å². The van der Waals surface area contributed by atoms with Crippen LogP contribution in [0.4, 0.5) is 5.69 Å². The van der Waals surface area contributed by atoms with Gasteiger partial charge in [-0.2, -0.15) is 0 Å². The molecule has 2 rings (SSSR count). The summed E-state index contributed by atoms with van der Waals surface area (Å²) in [4.78, 5) is 14.3. The lowest BCUT2D eigenvalue weighted by molar-refractivity contribution is 0.0952. The summed E-state index contributed by atoms with van der Waals surface area (Å²) >= 11 is 0. The monoisotopic (exact) mass is 391 g/mol. The van der Waals surface area contributed by atoms with Gasteiger partial charge in [0.1, 0.15) is 5.75 Å². The lowest BCUT2D eigenvalue weighted by Gasteiger charge is -2.13. The van der Waals surface area contributed by atoms with Gasteiger partial charge in [0.15, 0.2) is 0 Å². The molecule has 146 valence electrons. The van der Waals surface area contributed by atoms with Crippen LogP contribution in [0.25, 0.3) is 0 Å². The summed E-state index contributed by atoms with van der Waals surface area (Å²) in [5, 5.41) is 2.80. The molecule has 2 N–H and O–H groups in total. The molecule has 0 aliphatic rings. The Labute approximate surface area is 160 Å². The first kappa shape index (κ1) is 20.7. The van der Waals surface area contributed by atoms with E-state index in [0.717, 1.165) is 13.0 Å². The van der Waals surface area contributed by atoms with Crippen LogP contribution in [0, 0.1) is 0 Å². The topological polar surface area (TPSA) is 87.7 Å². The molecule has 0 radical (unpaired) electrons. The number of hydrogen-bond acceptors (Lipinski definition) is 5. The molecule has 0 aliphatic carbocycles. The molecule has 0 bridgehead atoms. The van der Waals surface area contributed by atoms with E-state index in [-0.39, 0.29) is 10.8 Å². The number of carbonyl (C=O) groups excluding carboxylic acids is 1. The Kier molecular flexibility index (Phi) is 7.20. The van der Waals surface area contributed by atoms with Crippen molar-refractivity contribution in [3.63, 3.8) is 0 Å². The Morgan fingerprint density at radius 1 is 1.11 bits per heavy atom. The van der Waals surface area contributed by atoms with Gasteiger partial charge in [-0.05, 0) is 57.4 Å². The average Bonchev–Trinajstić information content (AvgIpc) is 2.65. The number of sulfonamides is 1. The molecule has 0 unspecified atom stereocenters. The fourth-order valence-electron chi connectivity index (χ4n) is 2.44. The third kappa shape index (κ3) is 5.97. The summed E-state index contributed by atoms with van der Waals surface area (Å²) in [5.41, 5.74) is 0.626. The fraction of sp³-hybridized carbons (Fsp3) is 0.316. The molecule has 0 aliphatic heterocycles. The van der Waals surface area contributed by atoms with E-state index in [9.17, 15) is 13.2 Å². The first-order chi connectivity index (χ1) is 12.8. The minimum absolute atomic E-state index is 0.00866. The van der Waals surface area contributed by atoms with Gasteiger partial charge in [0, 0.05) is 12.1 Å². The van der Waals surface area contributed by atoms with Gasteiger partial charge in [0.2, 0.25) is 0 Å². The maximum absolute atomic E-state index is 12.7. The minimum Gasteiger partial charge on any atom is -0.495 e. The summed E-state index contributed by atoms with van der Waals surface area (Å²) in [7, 11) is 1.54. The average molecular weight is 391 g/mol. The summed E-state index contributed by atoms with van der Waals surface area (Å²) in [6, 6.07) is 12.7. The molecule has 0 spiro atoms. The number of rotatable bonds is 9. The molecular formula is C19H25N3O4S. The highest BCUT2D eigenvalue weighted by atomic mass is 32.2. The molecule has 0 fully saturated rings. The van der Waals surface area contributed by atoms with Crippen LogP contribution < -0.4 is 14.8 Å². The van der Waals surface area contributed by atoms with E-state index in [4.69, 9.17) is 4.74 Å². The highest BCUT2D eigenvalue weighted by Crippen LogP contribution is 2.26. The standard InChI is InChI=1S/C19H25N3O4S/c1-22(2)13-7-12-20-19(23)15-8-6-9-16(14-15)27(24,25)21-17-10-4-5-11-18(17)26-3/h4-6,8-11,14,21H,7,12-13H2,1-3H3,(H,20,23). The van der Waals surface area contributed by atoms with E-state index in [1.165, 1.54) is 19.2 Å². The Morgan fingerprint density at radius 3 is 2.56 bits per heavy atom. The van der Waals surface area contributed by atoms with Gasteiger partial charge in [0.05, 0.1) is 17.7 Å². The highest BCUT2D eigenvalue weighted by molar-refractivity contribution is 7.92. The second-order valence-corrected chi connectivity index (χ2v) is 7.93. The molecule has 1 amide bonds. The van der Waals surface area contributed by atoms with Crippen LogP contribution in [0.1, 0.15) is 16.8 Å².